The first kappa shape index (κ1) is 16.3. The highest BCUT2D eigenvalue weighted by atomic mass is 14.9. The molecule has 0 aromatic carbocycles. The largest absolute Gasteiger partial charge is 0.320 e. The zero-order chi connectivity index (χ0) is 13.1. The highest BCUT2D eigenvalue weighted by molar-refractivity contribution is 5.87. The summed E-state index contributed by atoms with van der Waals surface area (Å²) in [5.74, 6) is 2.11. The highest BCUT2D eigenvalue weighted by Crippen LogP contribution is 2.14. The standard InChI is InChI=1S/C14H29N3/c1-6-13(9-11-15-4)8-7-10-17-14(16-5)12(2)3/h12-13,15H,5-11H2,1-4H3/b17-14-. The van der Waals surface area contributed by atoms with Crippen molar-refractivity contribution in [1.29, 1.82) is 0 Å². The molecule has 0 aromatic heterocycles. The molecule has 1 unspecified atom stereocenters. The second-order valence-electron chi connectivity index (χ2n) is 4.86. The van der Waals surface area contributed by atoms with E-state index in [9.17, 15) is 0 Å². The lowest BCUT2D eigenvalue weighted by atomic mass is 9.97. The molecule has 3 nitrogen and oxygen atoms in total. The molecule has 0 saturated heterocycles. The van der Waals surface area contributed by atoms with Crippen molar-refractivity contribution >= 4 is 12.6 Å². The number of hydrogen-bond acceptors (Lipinski definition) is 2. The fourth-order valence-electron chi connectivity index (χ4n) is 1.89. The molecule has 0 aromatic rings. The molecule has 0 saturated carbocycles. The van der Waals surface area contributed by atoms with E-state index >= 15 is 0 Å². The third kappa shape index (κ3) is 8.08. The topological polar surface area (TPSA) is 36.8 Å². The van der Waals surface area contributed by atoms with Crippen LogP contribution in [0.15, 0.2) is 9.98 Å². The lowest BCUT2D eigenvalue weighted by Gasteiger charge is -2.13. The lowest BCUT2D eigenvalue weighted by Crippen LogP contribution is -2.13. The van der Waals surface area contributed by atoms with E-state index in [0.29, 0.717) is 5.92 Å². The smallest absolute Gasteiger partial charge is 0.125 e. The average Bonchev–Trinajstić information content (AvgIpc) is 2.32. The maximum absolute atomic E-state index is 4.50. The normalized spacial score (nSPS) is 14.1. The van der Waals surface area contributed by atoms with Crippen LogP contribution in [0.1, 0.15) is 46.5 Å². The zero-order valence-electron chi connectivity index (χ0n) is 12.0. The van der Waals surface area contributed by atoms with Gasteiger partial charge in [-0.05, 0) is 45.5 Å². The van der Waals surface area contributed by atoms with Crippen LogP contribution in [0, 0.1) is 11.8 Å². The monoisotopic (exact) mass is 239 g/mol. The Morgan fingerprint density at radius 3 is 2.47 bits per heavy atom. The van der Waals surface area contributed by atoms with Gasteiger partial charge in [-0.3, -0.25) is 4.99 Å². The molecule has 0 radical (unpaired) electrons. The Hall–Kier alpha value is -0.700. The molecule has 0 aliphatic rings. The van der Waals surface area contributed by atoms with Crippen LogP contribution in [0.25, 0.3) is 0 Å². The van der Waals surface area contributed by atoms with Gasteiger partial charge < -0.3 is 5.32 Å². The number of amidine groups is 1. The summed E-state index contributed by atoms with van der Waals surface area (Å²) >= 11 is 0. The lowest BCUT2D eigenvalue weighted by molar-refractivity contribution is 0.421. The van der Waals surface area contributed by atoms with E-state index < -0.39 is 0 Å². The van der Waals surface area contributed by atoms with Crippen molar-refractivity contribution in [3.8, 4) is 0 Å². The third-order valence-corrected chi connectivity index (χ3v) is 3.10. The molecule has 3 heteroatoms. The Morgan fingerprint density at radius 1 is 1.29 bits per heavy atom. The molecule has 0 amide bonds. The first-order valence-electron chi connectivity index (χ1n) is 6.81. The minimum atomic E-state index is 0.388. The van der Waals surface area contributed by atoms with Gasteiger partial charge in [-0.1, -0.05) is 27.2 Å². The number of nitrogens with one attached hydrogen (secondary N) is 1. The van der Waals surface area contributed by atoms with Gasteiger partial charge in [-0.2, -0.15) is 0 Å². The average molecular weight is 239 g/mol. The highest BCUT2D eigenvalue weighted by Gasteiger charge is 2.05. The van der Waals surface area contributed by atoms with Crippen molar-refractivity contribution in [2.45, 2.75) is 46.5 Å². The van der Waals surface area contributed by atoms with Gasteiger partial charge in [0.1, 0.15) is 5.84 Å². The summed E-state index contributed by atoms with van der Waals surface area (Å²) in [5, 5.41) is 3.21. The van der Waals surface area contributed by atoms with Crippen molar-refractivity contribution in [2.75, 3.05) is 20.1 Å². The van der Waals surface area contributed by atoms with E-state index in [4.69, 9.17) is 0 Å². The second kappa shape index (κ2) is 10.5. The predicted octanol–water partition coefficient (Wildman–Crippen LogP) is 3.16. The van der Waals surface area contributed by atoms with Gasteiger partial charge in [0, 0.05) is 12.5 Å². The Morgan fingerprint density at radius 2 is 2.00 bits per heavy atom. The van der Waals surface area contributed by atoms with Crippen LogP contribution >= 0.6 is 0 Å². The summed E-state index contributed by atoms with van der Waals surface area (Å²) in [6.45, 7) is 12.1. The van der Waals surface area contributed by atoms with Crippen LogP contribution in [-0.4, -0.2) is 32.7 Å². The Balaban J connectivity index is 3.84. The summed E-state index contributed by atoms with van der Waals surface area (Å²) in [4.78, 5) is 8.46. The van der Waals surface area contributed by atoms with Gasteiger partial charge in [-0.15, -0.1) is 0 Å². The molecule has 1 atom stereocenters. The SMILES string of the molecule is C=N/C(=N\CCCC(CC)CCNC)C(C)C. The van der Waals surface area contributed by atoms with Crippen molar-refractivity contribution in [3.63, 3.8) is 0 Å². The van der Waals surface area contributed by atoms with E-state index in [-0.39, 0.29) is 0 Å². The van der Waals surface area contributed by atoms with Crippen molar-refractivity contribution < 1.29 is 0 Å². The molecule has 0 aliphatic carbocycles. The number of aliphatic imine (C=N–C) groups is 2. The minimum Gasteiger partial charge on any atom is -0.320 e. The molecular formula is C14H29N3. The Bertz CT molecular complexity index is 222. The molecule has 0 aliphatic heterocycles. The summed E-state index contributed by atoms with van der Waals surface area (Å²) in [5.41, 5.74) is 0. The summed E-state index contributed by atoms with van der Waals surface area (Å²) in [6.07, 6.45) is 4.97. The van der Waals surface area contributed by atoms with Gasteiger partial charge >= 0.3 is 0 Å². The van der Waals surface area contributed by atoms with Crippen molar-refractivity contribution in [3.05, 3.63) is 0 Å². The first-order chi connectivity index (χ1) is 8.15. The van der Waals surface area contributed by atoms with Crippen LogP contribution in [0.2, 0.25) is 0 Å². The molecule has 0 fully saturated rings. The van der Waals surface area contributed by atoms with Gasteiger partial charge in [0.2, 0.25) is 0 Å². The first-order valence-corrected chi connectivity index (χ1v) is 6.81. The van der Waals surface area contributed by atoms with Crippen LogP contribution in [0.3, 0.4) is 0 Å². The summed E-state index contributed by atoms with van der Waals surface area (Å²) in [6, 6.07) is 0. The Kier molecular flexibility index (Phi) is 10.0. The molecule has 100 valence electrons. The van der Waals surface area contributed by atoms with Crippen LogP contribution in [0.4, 0.5) is 0 Å². The second-order valence-corrected chi connectivity index (χ2v) is 4.86. The van der Waals surface area contributed by atoms with E-state index in [2.05, 4.69) is 42.8 Å². The number of hydrogen-bond donors (Lipinski definition) is 1. The molecule has 0 rings (SSSR count). The maximum atomic E-state index is 4.50. The van der Waals surface area contributed by atoms with Crippen molar-refractivity contribution in [1.82, 2.24) is 5.32 Å². The summed E-state index contributed by atoms with van der Waals surface area (Å²) in [7, 11) is 2.02. The molecule has 17 heavy (non-hydrogen) atoms. The number of nitrogens with zero attached hydrogens (tertiary/aromatic N) is 2. The van der Waals surface area contributed by atoms with Gasteiger partial charge in [0.25, 0.3) is 0 Å². The third-order valence-electron chi connectivity index (χ3n) is 3.10. The predicted molar refractivity (Wildman–Crippen MR) is 78.2 cm³/mol. The molecule has 1 N–H and O–H groups in total. The van der Waals surface area contributed by atoms with Crippen molar-refractivity contribution in [2.24, 2.45) is 21.8 Å². The van der Waals surface area contributed by atoms with Crippen LogP contribution in [0.5, 0.6) is 0 Å². The molecule has 0 heterocycles. The fourth-order valence-corrected chi connectivity index (χ4v) is 1.89. The van der Waals surface area contributed by atoms with Gasteiger partial charge in [0.05, 0.1) is 0 Å². The van der Waals surface area contributed by atoms with Gasteiger partial charge in [0.15, 0.2) is 0 Å². The quantitative estimate of drug-likeness (QED) is 0.374. The minimum absolute atomic E-state index is 0.388. The van der Waals surface area contributed by atoms with Crippen LogP contribution < -0.4 is 5.32 Å². The molecule has 0 bridgehead atoms. The number of rotatable bonds is 9. The summed E-state index contributed by atoms with van der Waals surface area (Å²) < 4.78 is 0. The van der Waals surface area contributed by atoms with Gasteiger partial charge in [-0.25, -0.2) is 4.99 Å². The van der Waals surface area contributed by atoms with E-state index in [1.807, 2.05) is 7.05 Å². The molecular weight excluding hydrogens is 210 g/mol. The Labute approximate surface area is 107 Å². The maximum Gasteiger partial charge on any atom is 0.125 e. The van der Waals surface area contributed by atoms with E-state index in [1.165, 1.54) is 19.3 Å². The molecule has 0 spiro atoms. The van der Waals surface area contributed by atoms with Crippen LogP contribution in [-0.2, 0) is 0 Å². The van der Waals surface area contributed by atoms with E-state index in [1.54, 1.807) is 0 Å². The van der Waals surface area contributed by atoms with E-state index in [0.717, 1.165) is 31.3 Å². The fraction of sp³-hybridized carbons (Fsp3) is 0.857. The zero-order valence-corrected chi connectivity index (χ0v) is 12.0.